The van der Waals surface area contributed by atoms with E-state index in [9.17, 15) is 22.8 Å². The number of esters is 1. The summed E-state index contributed by atoms with van der Waals surface area (Å²) < 4.78 is 48.7. The van der Waals surface area contributed by atoms with E-state index in [1.165, 1.54) is 22.7 Å². The number of alkyl halides is 3. The van der Waals surface area contributed by atoms with Gasteiger partial charge in [-0.05, 0) is 70.5 Å². The number of hydrogen-bond acceptors (Lipinski definition) is 7. The smallest absolute Gasteiger partial charge is 0.410 e. The molecule has 3 atom stereocenters. The third kappa shape index (κ3) is 5.44. The number of hydrogen-bond donors (Lipinski definition) is 2. The summed E-state index contributed by atoms with van der Waals surface area (Å²) in [4.78, 5) is 28.3. The maximum Gasteiger partial charge on any atom is 0.410 e. The van der Waals surface area contributed by atoms with Gasteiger partial charge in [-0.25, -0.2) is 9.48 Å². The van der Waals surface area contributed by atoms with Crippen molar-refractivity contribution < 1.29 is 27.5 Å². The van der Waals surface area contributed by atoms with Crippen LogP contribution in [0.3, 0.4) is 0 Å². The van der Waals surface area contributed by atoms with E-state index in [-0.39, 0.29) is 34.4 Å². The van der Waals surface area contributed by atoms with Crippen LogP contribution in [0.5, 0.6) is 0 Å². The van der Waals surface area contributed by atoms with Crippen molar-refractivity contribution in [2.45, 2.75) is 71.6 Å². The van der Waals surface area contributed by atoms with Gasteiger partial charge in [0.05, 0.1) is 22.7 Å². The fourth-order valence-electron chi connectivity index (χ4n) is 5.41. The van der Waals surface area contributed by atoms with Crippen LogP contribution in [0.25, 0.3) is 0 Å². The van der Waals surface area contributed by atoms with Crippen LogP contribution in [0.15, 0.2) is 22.0 Å². The average molecular weight is 660 g/mol. The number of nitrogens with zero attached hydrogens (tertiary/aromatic N) is 2. The Bertz CT molecular complexity index is 1430. The first-order valence-corrected chi connectivity index (χ1v) is 15.6. The Hall–Kier alpha value is -2.38. The second-order valence-corrected chi connectivity index (χ2v) is 14.0. The third-order valence-electron chi connectivity index (χ3n) is 7.59. The number of rotatable bonds is 5. The van der Waals surface area contributed by atoms with Gasteiger partial charge in [-0.2, -0.15) is 18.3 Å². The van der Waals surface area contributed by atoms with Crippen molar-refractivity contribution in [2.24, 2.45) is 11.3 Å². The number of thiophene rings is 2. The SMILES string of the molecule is CCOC(=O)c1c(NC(=O)c2nn3c(c2Br)N[C@H](c2cccs2)C[C@@H]3C(F)(F)F)sc2c1CC[C@@H](C(C)(C)C)C2. The quantitative estimate of drug-likeness (QED) is 0.271. The summed E-state index contributed by atoms with van der Waals surface area (Å²) >= 11 is 6.03. The van der Waals surface area contributed by atoms with Crippen molar-refractivity contribution in [1.82, 2.24) is 9.78 Å². The van der Waals surface area contributed by atoms with Crippen molar-refractivity contribution in [3.8, 4) is 0 Å². The number of fused-ring (bicyclic) bond motifs is 2. The molecule has 5 rings (SSSR count). The van der Waals surface area contributed by atoms with E-state index in [1.807, 2.05) is 5.38 Å². The number of ether oxygens (including phenoxy) is 1. The van der Waals surface area contributed by atoms with Crippen LogP contribution in [0, 0.1) is 11.3 Å². The van der Waals surface area contributed by atoms with Gasteiger partial charge in [0.25, 0.3) is 5.91 Å². The van der Waals surface area contributed by atoms with Gasteiger partial charge in [-0.1, -0.05) is 26.8 Å². The van der Waals surface area contributed by atoms with Crippen molar-refractivity contribution in [1.29, 1.82) is 0 Å². The monoisotopic (exact) mass is 658 g/mol. The molecule has 4 heterocycles. The Morgan fingerprint density at radius 3 is 2.67 bits per heavy atom. The van der Waals surface area contributed by atoms with E-state index in [0.717, 1.165) is 32.8 Å². The highest BCUT2D eigenvalue weighted by Gasteiger charge is 2.48. The van der Waals surface area contributed by atoms with Crippen LogP contribution in [-0.2, 0) is 17.6 Å². The van der Waals surface area contributed by atoms with E-state index >= 15 is 0 Å². The van der Waals surface area contributed by atoms with Crippen LogP contribution in [0.2, 0.25) is 0 Å². The highest BCUT2D eigenvalue weighted by molar-refractivity contribution is 9.10. The summed E-state index contributed by atoms with van der Waals surface area (Å²) in [6.07, 6.45) is -2.47. The highest BCUT2D eigenvalue weighted by atomic mass is 79.9. The normalized spacial score (nSPS) is 20.9. The van der Waals surface area contributed by atoms with E-state index in [4.69, 9.17) is 4.74 Å². The van der Waals surface area contributed by atoms with Crippen molar-refractivity contribution in [3.63, 3.8) is 0 Å². The molecule has 0 fully saturated rings. The molecule has 1 amide bonds. The predicted octanol–water partition coefficient (Wildman–Crippen LogP) is 8.01. The van der Waals surface area contributed by atoms with Gasteiger partial charge in [-0.15, -0.1) is 22.7 Å². The Morgan fingerprint density at radius 2 is 2.05 bits per heavy atom. The van der Waals surface area contributed by atoms with Crippen molar-refractivity contribution in [2.75, 3.05) is 17.2 Å². The molecule has 0 saturated carbocycles. The van der Waals surface area contributed by atoms with E-state index in [0.29, 0.717) is 22.9 Å². The number of carbonyl (C=O) groups excluding carboxylic acids is 2. The molecule has 1 aliphatic heterocycles. The molecule has 13 heteroatoms. The Kier molecular flexibility index (Phi) is 7.86. The zero-order chi connectivity index (χ0) is 29.0. The summed E-state index contributed by atoms with van der Waals surface area (Å²) in [5.74, 6) is -0.736. The molecule has 0 unspecified atom stereocenters. The molecule has 0 saturated heterocycles. The van der Waals surface area contributed by atoms with Gasteiger partial charge in [0.15, 0.2) is 11.7 Å². The van der Waals surface area contributed by atoms with Crippen LogP contribution >= 0.6 is 38.6 Å². The second-order valence-electron chi connectivity index (χ2n) is 11.1. The molecule has 216 valence electrons. The summed E-state index contributed by atoms with van der Waals surface area (Å²) in [6, 6.07) is 1.07. The van der Waals surface area contributed by atoms with Crippen LogP contribution in [0.4, 0.5) is 24.0 Å². The van der Waals surface area contributed by atoms with E-state index in [1.54, 1.807) is 19.1 Å². The molecule has 2 N–H and O–H groups in total. The van der Waals surface area contributed by atoms with Crippen molar-refractivity contribution in [3.05, 3.63) is 48.6 Å². The number of anilines is 2. The number of carbonyl (C=O) groups is 2. The first-order chi connectivity index (χ1) is 18.8. The third-order valence-corrected chi connectivity index (χ3v) is 10.5. The molecular formula is C27H30BrF3N4O3S2. The molecule has 0 bridgehead atoms. The minimum Gasteiger partial charge on any atom is -0.462 e. The lowest BCUT2D eigenvalue weighted by molar-refractivity contribution is -0.173. The summed E-state index contributed by atoms with van der Waals surface area (Å²) in [5, 5.41) is 12.2. The fraction of sp³-hybridized carbons (Fsp3) is 0.519. The summed E-state index contributed by atoms with van der Waals surface area (Å²) in [7, 11) is 0. The number of amides is 1. The highest BCUT2D eigenvalue weighted by Crippen LogP contribution is 2.48. The molecule has 3 aromatic heterocycles. The predicted molar refractivity (Wildman–Crippen MR) is 154 cm³/mol. The zero-order valence-corrected chi connectivity index (χ0v) is 25.7. The second kappa shape index (κ2) is 10.8. The Balaban J connectivity index is 1.49. The van der Waals surface area contributed by atoms with Gasteiger partial charge >= 0.3 is 12.1 Å². The van der Waals surface area contributed by atoms with Crippen molar-refractivity contribution >= 4 is 61.3 Å². The first kappa shape index (κ1) is 29.1. The molecule has 7 nitrogen and oxygen atoms in total. The number of nitrogens with one attached hydrogen (secondary N) is 2. The maximum atomic E-state index is 14.1. The maximum absolute atomic E-state index is 14.1. The lowest BCUT2D eigenvalue weighted by atomic mass is 9.72. The minimum absolute atomic E-state index is 0.0819. The van der Waals surface area contributed by atoms with Crippen LogP contribution < -0.4 is 10.6 Å². The summed E-state index contributed by atoms with van der Waals surface area (Å²) in [6.45, 7) is 8.46. The topological polar surface area (TPSA) is 85.2 Å². The van der Waals surface area contributed by atoms with Gasteiger partial charge in [0, 0.05) is 16.2 Å². The Labute approximate surface area is 246 Å². The van der Waals surface area contributed by atoms with Crippen LogP contribution in [-0.4, -0.2) is 34.4 Å². The molecular weight excluding hydrogens is 629 g/mol. The van der Waals surface area contributed by atoms with Gasteiger partial charge in [0.1, 0.15) is 10.8 Å². The van der Waals surface area contributed by atoms with Crippen LogP contribution in [0.1, 0.15) is 88.8 Å². The van der Waals surface area contributed by atoms with Gasteiger partial charge in [-0.3, -0.25) is 4.79 Å². The van der Waals surface area contributed by atoms with Gasteiger partial charge < -0.3 is 15.4 Å². The number of aromatic nitrogens is 2. The fourth-order valence-corrected chi connectivity index (χ4v) is 8.06. The standard InChI is InChI=1S/C27H30BrF3N4O3S2/c1-5-38-25(37)19-14-9-8-13(26(2,3)4)11-17(14)40-24(19)33-23(36)21-20(28)22-32-15(16-7-6-10-39-16)12-18(27(29,30)31)35(22)34-21/h6-7,10,13,15,18,32H,5,8-9,11-12H2,1-4H3,(H,33,36)/t13-,15+,18-/m1/s1. The molecule has 0 radical (unpaired) electrons. The molecule has 3 aromatic rings. The van der Waals surface area contributed by atoms with E-state index < -0.39 is 30.1 Å². The minimum atomic E-state index is -4.57. The molecule has 2 aliphatic rings. The van der Waals surface area contributed by atoms with Gasteiger partial charge in [0.2, 0.25) is 0 Å². The lowest BCUT2D eigenvalue weighted by Gasteiger charge is -2.33. The Morgan fingerprint density at radius 1 is 1.30 bits per heavy atom. The summed E-state index contributed by atoms with van der Waals surface area (Å²) in [5.41, 5.74) is 1.09. The number of halogens is 4. The zero-order valence-electron chi connectivity index (χ0n) is 22.4. The molecule has 0 spiro atoms. The largest absolute Gasteiger partial charge is 0.462 e. The average Bonchev–Trinajstić information content (AvgIpc) is 3.60. The first-order valence-electron chi connectivity index (χ1n) is 13.1. The molecule has 40 heavy (non-hydrogen) atoms. The lowest BCUT2D eigenvalue weighted by Crippen LogP contribution is -2.35. The van der Waals surface area contributed by atoms with E-state index in [2.05, 4.69) is 52.4 Å². The molecule has 0 aromatic carbocycles. The molecule has 1 aliphatic carbocycles.